The highest BCUT2D eigenvalue weighted by Gasteiger charge is 2.19. The van der Waals surface area contributed by atoms with E-state index in [-0.39, 0.29) is 0 Å². The van der Waals surface area contributed by atoms with E-state index in [1.807, 2.05) is 0 Å². The van der Waals surface area contributed by atoms with Crippen LogP contribution < -0.4 is 5.32 Å². The van der Waals surface area contributed by atoms with Crippen LogP contribution in [0.25, 0.3) is 0 Å². The van der Waals surface area contributed by atoms with Crippen molar-refractivity contribution < 1.29 is 0 Å². The predicted molar refractivity (Wildman–Crippen MR) is 87.0 cm³/mol. The van der Waals surface area contributed by atoms with Crippen LogP contribution in [0.4, 0.5) is 0 Å². The van der Waals surface area contributed by atoms with Crippen LogP contribution in [-0.4, -0.2) is 31.1 Å². The van der Waals surface area contributed by atoms with Crippen molar-refractivity contribution in [2.24, 2.45) is 5.92 Å². The molecule has 0 aromatic heterocycles. The van der Waals surface area contributed by atoms with Crippen LogP contribution in [0.15, 0.2) is 24.3 Å². The van der Waals surface area contributed by atoms with Gasteiger partial charge in [0.1, 0.15) is 0 Å². The zero-order valence-electron chi connectivity index (χ0n) is 13.4. The molecule has 112 valence electrons. The first-order valence-corrected chi connectivity index (χ1v) is 8.13. The van der Waals surface area contributed by atoms with Crippen LogP contribution in [0.5, 0.6) is 0 Å². The van der Waals surface area contributed by atoms with Crippen molar-refractivity contribution in [2.45, 2.75) is 52.1 Å². The molecule has 1 N–H and O–H groups in total. The summed E-state index contributed by atoms with van der Waals surface area (Å²) in [4.78, 5) is 2.42. The summed E-state index contributed by atoms with van der Waals surface area (Å²) in [5.74, 6) is 0.791. The molecule has 0 spiro atoms. The number of hydrogen-bond acceptors (Lipinski definition) is 2. The second-order valence-corrected chi connectivity index (χ2v) is 6.72. The molecular formula is C18H30N2. The lowest BCUT2D eigenvalue weighted by Crippen LogP contribution is -2.20. The average molecular weight is 274 g/mol. The highest BCUT2D eigenvalue weighted by atomic mass is 15.1. The Balaban J connectivity index is 1.69. The summed E-state index contributed by atoms with van der Waals surface area (Å²) >= 11 is 0. The Bertz CT molecular complexity index is 379. The van der Waals surface area contributed by atoms with E-state index >= 15 is 0 Å². The molecule has 0 bridgehead atoms. The normalized spacial score (nSPS) is 15.2. The van der Waals surface area contributed by atoms with Crippen molar-refractivity contribution in [1.82, 2.24) is 10.2 Å². The molecule has 2 rings (SSSR count). The summed E-state index contributed by atoms with van der Waals surface area (Å²) in [7, 11) is 2.22. The number of hydrogen-bond donors (Lipinski definition) is 1. The Labute approximate surface area is 124 Å². The van der Waals surface area contributed by atoms with E-state index in [2.05, 4.69) is 55.4 Å². The molecular weight excluding hydrogens is 244 g/mol. The molecule has 1 aliphatic carbocycles. The van der Waals surface area contributed by atoms with E-state index < -0.39 is 0 Å². The lowest BCUT2D eigenvalue weighted by Gasteiger charge is -2.18. The second-order valence-electron chi connectivity index (χ2n) is 6.72. The van der Waals surface area contributed by atoms with Gasteiger partial charge in [0.05, 0.1) is 0 Å². The largest absolute Gasteiger partial charge is 0.314 e. The van der Waals surface area contributed by atoms with E-state index in [1.165, 1.54) is 36.9 Å². The summed E-state index contributed by atoms with van der Waals surface area (Å²) in [5.41, 5.74) is 2.88. The Morgan fingerprint density at radius 3 is 2.40 bits per heavy atom. The minimum Gasteiger partial charge on any atom is -0.314 e. The molecule has 20 heavy (non-hydrogen) atoms. The van der Waals surface area contributed by atoms with Crippen molar-refractivity contribution in [3.05, 3.63) is 35.4 Å². The SMILES string of the molecule is CC(C)CCN(C)Cc1ccc(CCNC2CC2)cc1. The summed E-state index contributed by atoms with van der Waals surface area (Å²) in [6, 6.07) is 9.99. The van der Waals surface area contributed by atoms with Crippen molar-refractivity contribution in [3.8, 4) is 0 Å². The Hall–Kier alpha value is -0.860. The molecule has 1 saturated carbocycles. The Morgan fingerprint density at radius 1 is 1.15 bits per heavy atom. The molecule has 1 fully saturated rings. The Kier molecular flexibility index (Phi) is 6.06. The summed E-state index contributed by atoms with van der Waals surface area (Å²) in [5, 5.41) is 3.57. The third-order valence-electron chi connectivity index (χ3n) is 3.99. The first kappa shape index (κ1) is 15.5. The van der Waals surface area contributed by atoms with Gasteiger partial charge >= 0.3 is 0 Å². The fourth-order valence-electron chi connectivity index (χ4n) is 2.39. The quantitative estimate of drug-likeness (QED) is 0.742. The van der Waals surface area contributed by atoms with Gasteiger partial charge in [-0.3, -0.25) is 0 Å². The average Bonchev–Trinajstić information content (AvgIpc) is 3.23. The fraction of sp³-hybridized carbons (Fsp3) is 0.667. The molecule has 0 radical (unpaired) electrons. The van der Waals surface area contributed by atoms with Gasteiger partial charge < -0.3 is 10.2 Å². The van der Waals surface area contributed by atoms with E-state index in [4.69, 9.17) is 0 Å². The molecule has 0 atom stereocenters. The zero-order valence-corrected chi connectivity index (χ0v) is 13.4. The number of nitrogens with one attached hydrogen (secondary N) is 1. The van der Waals surface area contributed by atoms with Gasteiger partial charge in [-0.05, 0) is 62.9 Å². The van der Waals surface area contributed by atoms with E-state index in [0.717, 1.165) is 31.5 Å². The van der Waals surface area contributed by atoms with Gasteiger partial charge in [-0.2, -0.15) is 0 Å². The topological polar surface area (TPSA) is 15.3 Å². The number of nitrogens with zero attached hydrogens (tertiary/aromatic N) is 1. The van der Waals surface area contributed by atoms with Crippen LogP contribution in [0.3, 0.4) is 0 Å². The molecule has 0 amide bonds. The first-order valence-electron chi connectivity index (χ1n) is 8.13. The zero-order chi connectivity index (χ0) is 14.4. The maximum atomic E-state index is 3.57. The second kappa shape index (κ2) is 7.80. The highest BCUT2D eigenvalue weighted by molar-refractivity contribution is 5.22. The van der Waals surface area contributed by atoms with Gasteiger partial charge in [0.2, 0.25) is 0 Å². The minimum atomic E-state index is 0.791. The number of rotatable bonds is 9. The lowest BCUT2D eigenvalue weighted by molar-refractivity contribution is 0.303. The van der Waals surface area contributed by atoms with Gasteiger partial charge in [0, 0.05) is 12.6 Å². The van der Waals surface area contributed by atoms with Crippen LogP contribution in [-0.2, 0) is 13.0 Å². The molecule has 2 heteroatoms. The molecule has 0 unspecified atom stereocenters. The van der Waals surface area contributed by atoms with E-state index in [1.54, 1.807) is 0 Å². The molecule has 1 aliphatic rings. The van der Waals surface area contributed by atoms with Gasteiger partial charge in [0.25, 0.3) is 0 Å². The Morgan fingerprint density at radius 2 is 1.80 bits per heavy atom. The summed E-state index contributed by atoms with van der Waals surface area (Å²) in [6.45, 7) is 7.95. The third kappa shape index (κ3) is 6.06. The molecule has 1 aromatic carbocycles. The maximum Gasteiger partial charge on any atom is 0.0230 e. The lowest BCUT2D eigenvalue weighted by atomic mass is 10.1. The van der Waals surface area contributed by atoms with Crippen molar-refractivity contribution in [2.75, 3.05) is 20.1 Å². The van der Waals surface area contributed by atoms with Crippen LogP contribution >= 0.6 is 0 Å². The van der Waals surface area contributed by atoms with Crippen molar-refractivity contribution in [1.29, 1.82) is 0 Å². The molecule has 1 aromatic rings. The van der Waals surface area contributed by atoms with Gasteiger partial charge in [-0.1, -0.05) is 38.1 Å². The highest BCUT2D eigenvalue weighted by Crippen LogP contribution is 2.18. The van der Waals surface area contributed by atoms with E-state index in [0.29, 0.717) is 0 Å². The molecule has 2 nitrogen and oxygen atoms in total. The maximum absolute atomic E-state index is 3.57. The monoisotopic (exact) mass is 274 g/mol. The first-order chi connectivity index (χ1) is 9.63. The summed E-state index contributed by atoms with van der Waals surface area (Å²) in [6.07, 6.45) is 5.19. The number of benzene rings is 1. The molecule has 0 aliphatic heterocycles. The predicted octanol–water partition coefficient (Wildman–Crippen LogP) is 3.46. The fourth-order valence-corrected chi connectivity index (χ4v) is 2.39. The van der Waals surface area contributed by atoms with Gasteiger partial charge in [-0.25, -0.2) is 0 Å². The van der Waals surface area contributed by atoms with Crippen LogP contribution in [0.1, 0.15) is 44.2 Å². The molecule has 0 heterocycles. The minimum absolute atomic E-state index is 0.791. The molecule has 0 saturated heterocycles. The smallest absolute Gasteiger partial charge is 0.0230 e. The van der Waals surface area contributed by atoms with Crippen LogP contribution in [0, 0.1) is 5.92 Å². The van der Waals surface area contributed by atoms with Crippen LogP contribution in [0.2, 0.25) is 0 Å². The third-order valence-corrected chi connectivity index (χ3v) is 3.99. The van der Waals surface area contributed by atoms with E-state index in [9.17, 15) is 0 Å². The van der Waals surface area contributed by atoms with Gasteiger partial charge in [0.15, 0.2) is 0 Å². The summed E-state index contributed by atoms with van der Waals surface area (Å²) < 4.78 is 0. The van der Waals surface area contributed by atoms with Crippen molar-refractivity contribution >= 4 is 0 Å². The van der Waals surface area contributed by atoms with Crippen molar-refractivity contribution in [3.63, 3.8) is 0 Å². The standard InChI is InChI=1S/C18H30N2/c1-15(2)11-13-20(3)14-17-6-4-16(5-7-17)10-12-19-18-8-9-18/h4-7,15,18-19H,8-14H2,1-3H3. The van der Waals surface area contributed by atoms with Gasteiger partial charge in [-0.15, -0.1) is 0 Å².